The molecule has 5 rings (SSSR count). The van der Waals surface area contributed by atoms with Crippen LogP contribution in [-0.4, -0.2) is 78.1 Å². The monoisotopic (exact) mass is 492 g/mol. The van der Waals surface area contributed by atoms with E-state index in [1.807, 2.05) is 0 Å². The molecule has 1 spiro atoms. The molecule has 184 valence electrons. The lowest BCUT2D eigenvalue weighted by Gasteiger charge is -2.65. The zero-order valence-corrected chi connectivity index (χ0v) is 17.6. The number of hydrogen-bond acceptors (Lipinski definition) is 8. The molecule has 1 saturated heterocycles. The van der Waals surface area contributed by atoms with Crippen molar-refractivity contribution in [3.8, 4) is 0 Å². The molecular formula is C18H24F4O9S. The Kier molecular flexibility index (Phi) is 5.43. The highest BCUT2D eigenvalue weighted by molar-refractivity contribution is 7.88. The van der Waals surface area contributed by atoms with E-state index in [4.69, 9.17) is 18.8 Å². The average molecular weight is 492 g/mol. The summed E-state index contributed by atoms with van der Waals surface area (Å²) in [6, 6.07) is 0. The molecule has 0 aromatic rings. The van der Waals surface area contributed by atoms with Gasteiger partial charge in [0.1, 0.15) is 5.60 Å². The van der Waals surface area contributed by atoms with Crippen molar-refractivity contribution in [2.24, 2.45) is 23.2 Å². The van der Waals surface area contributed by atoms with Gasteiger partial charge in [-0.1, -0.05) is 0 Å². The number of alkyl halides is 4. The second-order valence-corrected chi connectivity index (χ2v) is 11.1. The molecule has 0 aromatic heterocycles. The highest BCUT2D eigenvalue weighted by Gasteiger charge is 2.75. The van der Waals surface area contributed by atoms with Crippen molar-refractivity contribution in [1.82, 2.24) is 0 Å². The molecular weight excluding hydrogens is 468 g/mol. The molecule has 4 aliphatic carbocycles. The van der Waals surface area contributed by atoms with Gasteiger partial charge >= 0.3 is 27.3 Å². The minimum Gasteiger partial charge on any atom is -0.456 e. The maximum Gasteiger partial charge on any atom is 0.451 e. The van der Waals surface area contributed by atoms with E-state index < -0.39 is 55.9 Å². The van der Waals surface area contributed by atoms with E-state index in [0.29, 0.717) is 12.8 Å². The summed E-state index contributed by atoms with van der Waals surface area (Å²) in [6.45, 7) is -0.806. The molecule has 3 atom stereocenters. The van der Waals surface area contributed by atoms with Crippen LogP contribution in [0.25, 0.3) is 0 Å². The minimum absolute atomic E-state index is 0.0190. The second kappa shape index (κ2) is 7.22. The van der Waals surface area contributed by atoms with Crippen LogP contribution in [0, 0.1) is 23.2 Å². The maximum atomic E-state index is 14.5. The first-order valence-electron chi connectivity index (χ1n) is 10.1. The molecule has 3 unspecified atom stereocenters. The molecule has 5 aliphatic rings. The predicted octanol–water partition coefficient (Wildman–Crippen LogP) is 0.938. The fourth-order valence-corrected chi connectivity index (χ4v) is 6.47. The number of esters is 1. The number of aliphatic hydroxyl groups is 2. The number of rotatable bonds is 5. The third-order valence-electron chi connectivity index (χ3n) is 7.44. The Morgan fingerprint density at radius 1 is 1.00 bits per heavy atom. The van der Waals surface area contributed by atoms with Crippen LogP contribution in [0.1, 0.15) is 32.1 Å². The molecule has 4 bridgehead atoms. The van der Waals surface area contributed by atoms with Gasteiger partial charge in [-0.3, -0.25) is 4.55 Å². The molecule has 4 saturated carbocycles. The third kappa shape index (κ3) is 3.28. The number of ether oxygens (including phenoxy) is 3. The van der Waals surface area contributed by atoms with Crippen LogP contribution in [0.4, 0.5) is 17.6 Å². The number of aliphatic hydroxyl groups excluding tert-OH is 2. The van der Waals surface area contributed by atoms with Gasteiger partial charge in [-0.25, -0.2) is 9.18 Å². The Morgan fingerprint density at radius 2 is 1.50 bits per heavy atom. The SMILES string of the molecule is O=C(OC12CC3CC(C1)C1(OCC(CO)(CO)CO1)C(C3)C2)C(F)(C(F)(F)F)S(=O)(=O)O. The average Bonchev–Trinajstić information content (AvgIpc) is 2.69. The summed E-state index contributed by atoms with van der Waals surface area (Å²) in [5, 5.41) is 13.5. The van der Waals surface area contributed by atoms with E-state index in [-0.39, 0.29) is 51.6 Å². The predicted molar refractivity (Wildman–Crippen MR) is 95.1 cm³/mol. The standard InChI is InChI=1S/C18H24F4O9S/c19-17(18(20,21)22,32(26,27)28)13(25)31-15-3-10-1-11(4-15)16(12(2-10)5-15)29-8-14(6-23,7-24)9-30-16/h10-12,23-24H,1-9H2,(H,26,27,28). The van der Waals surface area contributed by atoms with Crippen LogP contribution < -0.4 is 0 Å². The van der Waals surface area contributed by atoms with Gasteiger partial charge < -0.3 is 24.4 Å². The van der Waals surface area contributed by atoms with Gasteiger partial charge in [0.15, 0.2) is 5.79 Å². The third-order valence-corrected chi connectivity index (χ3v) is 8.55. The van der Waals surface area contributed by atoms with Gasteiger partial charge in [0.05, 0.1) is 31.8 Å². The largest absolute Gasteiger partial charge is 0.456 e. The molecule has 3 N–H and O–H groups in total. The van der Waals surface area contributed by atoms with Crippen LogP contribution in [0.2, 0.25) is 0 Å². The van der Waals surface area contributed by atoms with E-state index in [9.17, 15) is 41.0 Å². The molecule has 0 aromatic carbocycles. The number of hydrogen-bond donors (Lipinski definition) is 3. The Labute approximate surface area is 180 Å². The van der Waals surface area contributed by atoms with Gasteiger partial charge in [0, 0.05) is 11.8 Å². The first-order chi connectivity index (χ1) is 14.7. The fraction of sp³-hybridized carbons (Fsp3) is 0.944. The molecule has 9 nitrogen and oxygen atoms in total. The summed E-state index contributed by atoms with van der Waals surface area (Å²) < 4.78 is 102. The quantitative estimate of drug-likeness (QED) is 0.291. The minimum atomic E-state index is -6.51. The molecule has 1 heterocycles. The number of halogens is 4. The van der Waals surface area contributed by atoms with E-state index in [1.54, 1.807) is 0 Å². The van der Waals surface area contributed by atoms with Crippen LogP contribution in [0.15, 0.2) is 0 Å². The van der Waals surface area contributed by atoms with E-state index >= 15 is 0 Å². The fourth-order valence-electron chi connectivity index (χ4n) is 5.93. The van der Waals surface area contributed by atoms with Gasteiger partial charge in [0.2, 0.25) is 0 Å². The highest BCUT2D eigenvalue weighted by Crippen LogP contribution is 2.64. The van der Waals surface area contributed by atoms with Gasteiger partial charge in [0.25, 0.3) is 0 Å². The van der Waals surface area contributed by atoms with E-state index in [0.717, 1.165) is 0 Å². The molecule has 32 heavy (non-hydrogen) atoms. The smallest absolute Gasteiger partial charge is 0.451 e. The van der Waals surface area contributed by atoms with Crippen molar-refractivity contribution in [2.45, 2.75) is 54.7 Å². The normalized spacial score (nSPS) is 37.3. The van der Waals surface area contributed by atoms with Gasteiger partial charge in [-0.05, 0) is 38.0 Å². The summed E-state index contributed by atoms with van der Waals surface area (Å²) in [5.41, 5.74) is -2.55. The first kappa shape index (κ1) is 24.1. The Balaban J connectivity index is 1.58. The van der Waals surface area contributed by atoms with E-state index in [1.165, 1.54) is 0 Å². The summed E-state index contributed by atoms with van der Waals surface area (Å²) in [7, 11) is -6.51. The highest BCUT2D eigenvalue weighted by atomic mass is 32.2. The maximum absolute atomic E-state index is 14.5. The Morgan fingerprint density at radius 3 is 1.91 bits per heavy atom. The van der Waals surface area contributed by atoms with Crippen LogP contribution in [0.5, 0.6) is 0 Å². The lowest BCUT2D eigenvalue weighted by molar-refractivity contribution is -0.397. The van der Waals surface area contributed by atoms with Crippen molar-refractivity contribution in [3.05, 3.63) is 0 Å². The molecule has 5 fully saturated rings. The zero-order valence-electron chi connectivity index (χ0n) is 16.8. The van der Waals surface area contributed by atoms with Crippen molar-refractivity contribution >= 4 is 16.1 Å². The van der Waals surface area contributed by atoms with Gasteiger partial charge in [-0.15, -0.1) is 0 Å². The van der Waals surface area contributed by atoms with Crippen LogP contribution >= 0.6 is 0 Å². The Hall–Kier alpha value is -1.06. The van der Waals surface area contributed by atoms with Crippen molar-refractivity contribution in [2.75, 3.05) is 26.4 Å². The zero-order chi connectivity index (χ0) is 23.8. The first-order valence-corrected chi connectivity index (χ1v) is 11.6. The topological polar surface area (TPSA) is 140 Å². The van der Waals surface area contributed by atoms with Crippen molar-refractivity contribution < 1.29 is 59.8 Å². The molecule has 14 heteroatoms. The molecule has 0 radical (unpaired) electrons. The summed E-state index contributed by atoms with van der Waals surface area (Å²) in [6.07, 6.45) is -5.13. The second-order valence-electron chi connectivity index (χ2n) is 9.60. The number of carbonyl (C=O) groups excluding carboxylic acids is 1. The molecule has 1 aliphatic heterocycles. The lowest BCUT2D eigenvalue weighted by atomic mass is 9.51. The van der Waals surface area contributed by atoms with Crippen molar-refractivity contribution in [1.29, 1.82) is 0 Å². The van der Waals surface area contributed by atoms with E-state index in [2.05, 4.69) is 0 Å². The van der Waals surface area contributed by atoms with Crippen LogP contribution in [0.3, 0.4) is 0 Å². The summed E-state index contributed by atoms with van der Waals surface area (Å²) in [4.78, 5) is 12.2. The summed E-state index contributed by atoms with van der Waals surface area (Å²) in [5.74, 6) is -4.84. The Bertz CT molecular complexity index is 859. The van der Waals surface area contributed by atoms with Crippen molar-refractivity contribution in [3.63, 3.8) is 0 Å². The molecule has 0 amide bonds. The van der Waals surface area contributed by atoms with Crippen LogP contribution in [-0.2, 0) is 29.1 Å². The lowest BCUT2D eigenvalue weighted by Crippen LogP contribution is -2.70. The number of carbonyl (C=O) groups is 1. The summed E-state index contributed by atoms with van der Waals surface area (Å²) >= 11 is 0. The van der Waals surface area contributed by atoms with Gasteiger partial charge in [-0.2, -0.15) is 21.6 Å².